The number of hydrogen-bond donors (Lipinski definition) is 0. The van der Waals surface area contributed by atoms with Crippen molar-refractivity contribution < 1.29 is 18.8 Å². The molecule has 0 nitrogen and oxygen atoms in total. The number of hydrogen-bond acceptors (Lipinski definition) is 0. The Bertz CT molecular complexity index is 3.61. The fourth-order valence-corrected chi connectivity index (χ4v) is 0. The Morgan fingerprint density at radius 2 is 0.400 bits per heavy atom. The van der Waals surface area contributed by atoms with Crippen molar-refractivity contribution >= 4 is 24.4 Å². The average molecular weight is 205 g/mol. The minimum absolute atomic E-state index is 0. The van der Waals surface area contributed by atoms with E-state index in [9.17, 15) is 0 Å². The van der Waals surface area contributed by atoms with E-state index in [1.807, 2.05) is 0 Å². The van der Waals surface area contributed by atoms with Crippen molar-refractivity contribution in [3.05, 3.63) is 0 Å². The molecule has 0 aromatic rings. The monoisotopic (exact) mass is 204 g/mol. The molecule has 0 aromatic carbocycles. The fraction of sp³-hybridized carbons (Fsp3) is 0. The van der Waals surface area contributed by atoms with Gasteiger partial charge in [0.2, 0.25) is 0 Å². The van der Waals surface area contributed by atoms with E-state index in [1.54, 1.807) is 0 Å². The van der Waals surface area contributed by atoms with Crippen LogP contribution in [0.15, 0.2) is 0 Å². The molecule has 0 heterocycles. The van der Waals surface area contributed by atoms with Crippen molar-refractivity contribution in [1.82, 2.24) is 0 Å². The summed E-state index contributed by atoms with van der Waals surface area (Å²) in [4.78, 5) is 0. The minimum atomic E-state index is 0. The Balaban J connectivity index is 0. The molecular formula is H7F4Sb. The van der Waals surface area contributed by atoms with Crippen molar-refractivity contribution in [2.45, 2.75) is 0 Å². The van der Waals surface area contributed by atoms with Gasteiger partial charge in [0.25, 0.3) is 0 Å². The van der Waals surface area contributed by atoms with Gasteiger partial charge in [0, 0.05) is 0 Å². The summed E-state index contributed by atoms with van der Waals surface area (Å²) in [6.45, 7) is 0. The van der Waals surface area contributed by atoms with Crippen LogP contribution in [0.2, 0.25) is 0 Å². The molecule has 0 amide bonds. The van der Waals surface area contributed by atoms with Gasteiger partial charge in [-0.2, -0.15) is 0 Å². The van der Waals surface area contributed by atoms with Gasteiger partial charge < -0.3 is 0 Å². The molecule has 0 fully saturated rings. The van der Waals surface area contributed by atoms with Crippen molar-refractivity contribution in [3.8, 4) is 0 Å². The van der Waals surface area contributed by atoms with E-state index < -0.39 is 0 Å². The SMILES string of the molecule is F.F.F.F.[SbH3]. The van der Waals surface area contributed by atoms with E-state index in [4.69, 9.17) is 0 Å². The first-order valence-corrected chi connectivity index (χ1v) is 0. The summed E-state index contributed by atoms with van der Waals surface area (Å²) >= 11 is 0. The van der Waals surface area contributed by atoms with Gasteiger partial charge in [0.15, 0.2) is 0 Å². The Hall–Kier alpha value is 0.538. The van der Waals surface area contributed by atoms with Crippen LogP contribution >= 0.6 is 0 Å². The second-order valence-electron chi connectivity index (χ2n) is 0. The van der Waals surface area contributed by atoms with Gasteiger partial charge in [-0.15, -0.1) is 0 Å². The summed E-state index contributed by atoms with van der Waals surface area (Å²) in [5.41, 5.74) is 0. The standard InChI is InChI=1S/4FH.Sb.3H/h4*1H;;;;. The summed E-state index contributed by atoms with van der Waals surface area (Å²) in [6.07, 6.45) is 0. The summed E-state index contributed by atoms with van der Waals surface area (Å²) in [7, 11) is 0. The molecule has 0 aromatic heterocycles. The van der Waals surface area contributed by atoms with E-state index in [1.165, 1.54) is 0 Å². The second-order valence-corrected chi connectivity index (χ2v) is 0. The van der Waals surface area contributed by atoms with Crippen molar-refractivity contribution in [2.24, 2.45) is 0 Å². The second kappa shape index (κ2) is 196. The van der Waals surface area contributed by atoms with Crippen molar-refractivity contribution in [1.29, 1.82) is 0 Å². The molecule has 0 bridgehead atoms. The third-order valence-electron chi connectivity index (χ3n) is 0. The third kappa shape index (κ3) is 101. The topological polar surface area (TPSA) is 0 Å². The molecule has 0 unspecified atom stereocenters. The molecule has 0 aliphatic carbocycles. The Labute approximate surface area is 43.9 Å². The average Bonchev–Trinajstić information content (AvgIpc) is 0. The predicted molar refractivity (Wildman–Crippen MR) is 20.0 cm³/mol. The van der Waals surface area contributed by atoms with E-state index in [-0.39, 0.29) is 43.2 Å². The molecule has 0 aliphatic heterocycles. The fourth-order valence-electron chi connectivity index (χ4n) is 0. The van der Waals surface area contributed by atoms with Gasteiger partial charge in [0.05, 0.1) is 0 Å². The van der Waals surface area contributed by atoms with E-state index >= 15 is 0 Å². The maximum absolute atomic E-state index is 0. The molecule has 40 valence electrons. The molecule has 5 heteroatoms. The van der Waals surface area contributed by atoms with Gasteiger partial charge >= 0.3 is 24.4 Å². The van der Waals surface area contributed by atoms with Crippen LogP contribution in [-0.4, -0.2) is 24.4 Å². The molecule has 0 rings (SSSR count). The number of halogens is 4. The van der Waals surface area contributed by atoms with E-state index in [2.05, 4.69) is 0 Å². The zero-order valence-electron chi connectivity index (χ0n) is 2.34. The first-order chi connectivity index (χ1) is 0. The molecular weight excluding hydrogens is 198 g/mol. The molecule has 5 heavy (non-hydrogen) atoms. The van der Waals surface area contributed by atoms with Crippen molar-refractivity contribution in [2.75, 3.05) is 0 Å². The van der Waals surface area contributed by atoms with Crippen LogP contribution in [0, 0.1) is 0 Å². The summed E-state index contributed by atoms with van der Waals surface area (Å²) < 4.78 is 0. The first kappa shape index (κ1) is 394. The predicted octanol–water partition coefficient (Wildman–Crippen LogP) is -0.574. The summed E-state index contributed by atoms with van der Waals surface area (Å²) in [5.74, 6) is 0. The Kier molecular flexibility index (Phi) is 15400. The van der Waals surface area contributed by atoms with Gasteiger partial charge in [-0.05, 0) is 0 Å². The molecule has 0 spiro atoms. The normalized spacial score (nSPS) is 0. The summed E-state index contributed by atoms with van der Waals surface area (Å²) in [6, 6.07) is 0. The summed E-state index contributed by atoms with van der Waals surface area (Å²) in [5, 5.41) is 0. The van der Waals surface area contributed by atoms with E-state index in [0.29, 0.717) is 0 Å². The molecule has 0 aliphatic rings. The zero-order chi connectivity index (χ0) is 0. The zero-order valence-corrected chi connectivity index (χ0v) is 6.38. The van der Waals surface area contributed by atoms with Crippen LogP contribution in [-0.2, 0) is 0 Å². The van der Waals surface area contributed by atoms with E-state index in [0.717, 1.165) is 0 Å². The number of rotatable bonds is 0. The molecule has 0 radical (unpaired) electrons. The van der Waals surface area contributed by atoms with Gasteiger partial charge in [-0.25, -0.2) is 0 Å². The third-order valence-corrected chi connectivity index (χ3v) is 0. The van der Waals surface area contributed by atoms with Gasteiger partial charge in [-0.1, -0.05) is 0 Å². The molecule has 0 saturated carbocycles. The first-order valence-electron chi connectivity index (χ1n) is 0. The molecule has 0 N–H and O–H groups in total. The Morgan fingerprint density at radius 3 is 0.400 bits per heavy atom. The van der Waals surface area contributed by atoms with Crippen LogP contribution in [0.4, 0.5) is 18.8 Å². The van der Waals surface area contributed by atoms with Crippen LogP contribution in [0.5, 0.6) is 0 Å². The van der Waals surface area contributed by atoms with Crippen LogP contribution in [0.25, 0.3) is 0 Å². The maximum atomic E-state index is 0. The van der Waals surface area contributed by atoms with Crippen molar-refractivity contribution in [3.63, 3.8) is 0 Å². The Morgan fingerprint density at radius 1 is 0.400 bits per heavy atom. The van der Waals surface area contributed by atoms with Gasteiger partial charge in [-0.3, -0.25) is 18.8 Å². The molecule has 0 saturated heterocycles. The molecule has 0 atom stereocenters. The van der Waals surface area contributed by atoms with Crippen LogP contribution < -0.4 is 0 Å². The van der Waals surface area contributed by atoms with Gasteiger partial charge in [0.1, 0.15) is 0 Å². The quantitative estimate of drug-likeness (QED) is 0.366. The van der Waals surface area contributed by atoms with Crippen LogP contribution in [0.3, 0.4) is 0 Å². The van der Waals surface area contributed by atoms with Crippen LogP contribution in [0.1, 0.15) is 0 Å².